The Kier molecular flexibility index (Phi) is 3.16. The number of halogens is 1. The van der Waals surface area contributed by atoms with Crippen molar-refractivity contribution >= 4 is 21.8 Å². The van der Waals surface area contributed by atoms with Crippen molar-refractivity contribution < 1.29 is 4.79 Å². The van der Waals surface area contributed by atoms with E-state index in [-0.39, 0.29) is 5.91 Å². The quantitative estimate of drug-likeness (QED) is 0.744. The Morgan fingerprint density at radius 3 is 2.50 bits per heavy atom. The molecule has 1 N–H and O–H groups in total. The van der Waals surface area contributed by atoms with Crippen LogP contribution in [0.25, 0.3) is 0 Å². The molecule has 1 saturated carbocycles. The number of amides is 1. The minimum atomic E-state index is -0.420. The van der Waals surface area contributed by atoms with Crippen molar-refractivity contribution in [2.45, 2.75) is 37.4 Å². The third-order valence-corrected chi connectivity index (χ3v) is 2.68. The second-order valence-corrected chi connectivity index (χ2v) is 5.96. The zero-order valence-corrected chi connectivity index (χ0v) is 9.28. The number of hydrogen-bond donors (Lipinski definition) is 1. The van der Waals surface area contributed by atoms with E-state index < -0.39 is 4.32 Å². The minimum Gasteiger partial charge on any atom is -0.355 e. The number of nitrogens with one attached hydrogen (secondary N) is 1. The predicted octanol–water partition coefficient (Wildman–Crippen LogP) is 2.08. The molecule has 3 heteroatoms. The lowest BCUT2D eigenvalue weighted by Crippen LogP contribution is -2.41. The number of carbonyl (C=O) groups excluding carboxylic acids is 1. The van der Waals surface area contributed by atoms with E-state index in [2.05, 4.69) is 21.2 Å². The average molecular weight is 234 g/mol. The van der Waals surface area contributed by atoms with Crippen LogP contribution in [-0.4, -0.2) is 16.8 Å². The standard InChI is InChI=1S/C9H16BrNO/c1-9(2,10)8(12)11-6-7-4-3-5-7/h7H,3-6H2,1-2H3,(H,11,12). The molecule has 70 valence electrons. The van der Waals surface area contributed by atoms with Gasteiger partial charge in [0.15, 0.2) is 0 Å². The first-order valence-electron chi connectivity index (χ1n) is 4.47. The van der Waals surface area contributed by atoms with E-state index in [0.29, 0.717) is 0 Å². The van der Waals surface area contributed by atoms with Crippen LogP contribution in [0.5, 0.6) is 0 Å². The lowest BCUT2D eigenvalue weighted by Gasteiger charge is -2.26. The van der Waals surface area contributed by atoms with E-state index in [1.807, 2.05) is 13.8 Å². The highest BCUT2D eigenvalue weighted by atomic mass is 79.9. The maximum atomic E-state index is 11.4. The average Bonchev–Trinajstić information content (AvgIpc) is 1.81. The Labute approximate surface area is 82.2 Å². The molecule has 0 spiro atoms. The Morgan fingerprint density at radius 1 is 1.58 bits per heavy atom. The fourth-order valence-electron chi connectivity index (χ4n) is 1.14. The van der Waals surface area contributed by atoms with Crippen LogP contribution in [0.1, 0.15) is 33.1 Å². The van der Waals surface area contributed by atoms with Gasteiger partial charge in [0.1, 0.15) is 0 Å². The maximum Gasteiger partial charge on any atom is 0.236 e. The van der Waals surface area contributed by atoms with Gasteiger partial charge in [-0.15, -0.1) is 0 Å². The van der Waals surface area contributed by atoms with E-state index in [4.69, 9.17) is 0 Å². The second kappa shape index (κ2) is 3.77. The van der Waals surface area contributed by atoms with Gasteiger partial charge < -0.3 is 5.32 Å². The monoisotopic (exact) mass is 233 g/mol. The van der Waals surface area contributed by atoms with Gasteiger partial charge in [0.25, 0.3) is 0 Å². The van der Waals surface area contributed by atoms with E-state index >= 15 is 0 Å². The summed E-state index contributed by atoms with van der Waals surface area (Å²) in [6.07, 6.45) is 3.89. The molecule has 0 aromatic rings. The van der Waals surface area contributed by atoms with E-state index in [0.717, 1.165) is 12.5 Å². The highest BCUT2D eigenvalue weighted by Gasteiger charge is 2.25. The summed E-state index contributed by atoms with van der Waals surface area (Å²) in [5.41, 5.74) is 0. The Morgan fingerprint density at radius 2 is 2.17 bits per heavy atom. The van der Waals surface area contributed by atoms with Crippen molar-refractivity contribution in [3.63, 3.8) is 0 Å². The van der Waals surface area contributed by atoms with Crippen molar-refractivity contribution in [1.82, 2.24) is 5.32 Å². The van der Waals surface area contributed by atoms with Gasteiger partial charge in [0.05, 0.1) is 4.32 Å². The smallest absolute Gasteiger partial charge is 0.236 e. The highest BCUT2D eigenvalue weighted by molar-refractivity contribution is 9.10. The number of alkyl halides is 1. The SMILES string of the molecule is CC(C)(Br)C(=O)NCC1CCC1. The first-order chi connectivity index (χ1) is 5.50. The summed E-state index contributed by atoms with van der Waals surface area (Å²) < 4.78 is -0.420. The molecule has 1 aliphatic carbocycles. The van der Waals surface area contributed by atoms with Gasteiger partial charge in [-0.1, -0.05) is 22.4 Å². The Balaban J connectivity index is 2.17. The van der Waals surface area contributed by atoms with Crippen LogP contribution in [0.15, 0.2) is 0 Å². The molecule has 0 atom stereocenters. The number of carbonyl (C=O) groups is 1. The molecule has 1 rings (SSSR count). The molecule has 0 aromatic carbocycles. The van der Waals surface area contributed by atoms with Gasteiger partial charge in [0.2, 0.25) is 5.91 Å². The van der Waals surface area contributed by atoms with Crippen molar-refractivity contribution in [2.24, 2.45) is 5.92 Å². The fraction of sp³-hybridized carbons (Fsp3) is 0.889. The van der Waals surface area contributed by atoms with Crippen LogP contribution in [0.4, 0.5) is 0 Å². The molecule has 1 fully saturated rings. The highest BCUT2D eigenvalue weighted by Crippen LogP contribution is 2.25. The van der Waals surface area contributed by atoms with Gasteiger partial charge in [-0.25, -0.2) is 0 Å². The van der Waals surface area contributed by atoms with Gasteiger partial charge in [-0.3, -0.25) is 4.79 Å². The third-order valence-electron chi connectivity index (χ3n) is 2.32. The largest absolute Gasteiger partial charge is 0.355 e. The van der Waals surface area contributed by atoms with E-state index in [1.54, 1.807) is 0 Å². The van der Waals surface area contributed by atoms with Crippen molar-refractivity contribution in [3.8, 4) is 0 Å². The summed E-state index contributed by atoms with van der Waals surface area (Å²) in [7, 11) is 0. The lowest BCUT2D eigenvalue weighted by molar-refractivity contribution is -0.122. The number of hydrogen-bond acceptors (Lipinski definition) is 1. The van der Waals surface area contributed by atoms with Crippen LogP contribution in [0.3, 0.4) is 0 Å². The fourth-order valence-corrected chi connectivity index (χ4v) is 1.28. The van der Waals surface area contributed by atoms with E-state index in [9.17, 15) is 4.79 Å². The predicted molar refractivity (Wildman–Crippen MR) is 53.4 cm³/mol. The molecular formula is C9H16BrNO. The van der Waals surface area contributed by atoms with Gasteiger partial charge in [-0.2, -0.15) is 0 Å². The lowest BCUT2D eigenvalue weighted by atomic mass is 9.85. The van der Waals surface area contributed by atoms with Gasteiger partial charge in [0, 0.05) is 6.54 Å². The molecule has 0 aliphatic heterocycles. The first kappa shape index (κ1) is 10.0. The summed E-state index contributed by atoms with van der Waals surface area (Å²) in [5.74, 6) is 0.832. The maximum absolute atomic E-state index is 11.4. The van der Waals surface area contributed by atoms with Crippen LogP contribution in [0, 0.1) is 5.92 Å². The summed E-state index contributed by atoms with van der Waals surface area (Å²) in [4.78, 5) is 11.4. The van der Waals surface area contributed by atoms with Gasteiger partial charge >= 0.3 is 0 Å². The Bertz CT molecular complexity index is 170. The molecular weight excluding hydrogens is 218 g/mol. The molecule has 2 nitrogen and oxygen atoms in total. The molecule has 0 aromatic heterocycles. The molecule has 0 bridgehead atoms. The van der Waals surface area contributed by atoms with Crippen molar-refractivity contribution in [2.75, 3.05) is 6.54 Å². The zero-order chi connectivity index (χ0) is 9.19. The minimum absolute atomic E-state index is 0.0920. The third kappa shape index (κ3) is 2.77. The van der Waals surface area contributed by atoms with Crippen LogP contribution in [-0.2, 0) is 4.79 Å². The molecule has 0 saturated heterocycles. The van der Waals surface area contributed by atoms with Crippen LogP contribution in [0.2, 0.25) is 0 Å². The summed E-state index contributed by atoms with van der Waals surface area (Å²) in [6, 6.07) is 0. The number of rotatable bonds is 3. The zero-order valence-electron chi connectivity index (χ0n) is 7.69. The molecule has 0 unspecified atom stereocenters. The molecule has 0 radical (unpaired) electrons. The molecule has 1 aliphatic rings. The molecule has 1 amide bonds. The summed E-state index contributed by atoms with van der Waals surface area (Å²) in [5, 5.41) is 2.94. The second-order valence-electron chi connectivity index (χ2n) is 3.98. The van der Waals surface area contributed by atoms with Crippen LogP contribution >= 0.6 is 15.9 Å². The van der Waals surface area contributed by atoms with Crippen molar-refractivity contribution in [3.05, 3.63) is 0 Å². The summed E-state index contributed by atoms with van der Waals surface area (Å²) in [6.45, 7) is 4.58. The normalized spacial score (nSPS) is 18.6. The topological polar surface area (TPSA) is 29.1 Å². The van der Waals surface area contributed by atoms with Gasteiger partial charge in [-0.05, 0) is 32.6 Å². The Hall–Kier alpha value is -0.0500. The summed E-state index contributed by atoms with van der Waals surface area (Å²) >= 11 is 3.32. The molecule has 0 heterocycles. The van der Waals surface area contributed by atoms with E-state index in [1.165, 1.54) is 19.3 Å². The van der Waals surface area contributed by atoms with Crippen molar-refractivity contribution in [1.29, 1.82) is 0 Å². The van der Waals surface area contributed by atoms with Crippen LogP contribution < -0.4 is 5.32 Å². The molecule has 12 heavy (non-hydrogen) atoms. The first-order valence-corrected chi connectivity index (χ1v) is 5.26.